The van der Waals surface area contributed by atoms with Crippen LogP contribution in [0.5, 0.6) is 0 Å². The smallest absolute Gasteiger partial charge is 0.328 e. The number of aromatic nitrogens is 1. The first kappa shape index (κ1) is 20.7. The van der Waals surface area contributed by atoms with Crippen molar-refractivity contribution in [2.45, 2.75) is 46.6 Å². The van der Waals surface area contributed by atoms with E-state index in [-0.39, 0.29) is 18.1 Å². The molecule has 146 valence electrons. The number of para-hydroxylation sites is 1. The van der Waals surface area contributed by atoms with Crippen LogP contribution in [0.1, 0.15) is 49.5 Å². The van der Waals surface area contributed by atoms with Crippen LogP contribution >= 0.6 is 0 Å². The third kappa shape index (κ3) is 4.38. The number of ether oxygens (including phenoxy) is 1. The van der Waals surface area contributed by atoms with Gasteiger partial charge < -0.3 is 14.6 Å². The average Bonchev–Trinajstić information content (AvgIpc) is 2.66. The fourth-order valence-electron chi connectivity index (χ4n) is 3.20. The maximum absolute atomic E-state index is 13.1. The Morgan fingerprint density at radius 1 is 1.22 bits per heavy atom. The lowest BCUT2D eigenvalue weighted by Crippen LogP contribution is -2.43. The van der Waals surface area contributed by atoms with E-state index in [0.717, 1.165) is 6.42 Å². The molecule has 0 saturated carbocycles. The van der Waals surface area contributed by atoms with Crippen LogP contribution < -0.4 is 10.9 Å². The van der Waals surface area contributed by atoms with Crippen LogP contribution in [0.15, 0.2) is 29.1 Å². The molecule has 6 heteroatoms. The van der Waals surface area contributed by atoms with E-state index >= 15 is 0 Å². The molecule has 0 radical (unpaired) electrons. The van der Waals surface area contributed by atoms with E-state index in [2.05, 4.69) is 5.32 Å². The molecule has 2 rings (SSSR count). The van der Waals surface area contributed by atoms with Gasteiger partial charge in [0.05, 0.1) is 17.7 Å². The van der Waals surface area contributed by atoms with E-state index in [0.29, 0.717) is 28.5 Å². The van der Waals surface area contributed by atoms with Crippen molar-refractivity contribution in [1.82, 2.24) is 9.88 Å². The van der Waals surface area contributed by atoms with E-state index in [1.807, 2.05) is 32.0 Å². The molecular formula is C21H28N2O4. The minimum absolute atomic E-state index is 0.228. The van der Waals surface area contributed by atoms with Crippen molar-refractivity contribution >= 4 is 22.8 Å². The number of rotatable bonds is 7. The molecule has 1 aromatic heterocycles. The van der Waals surface area contributed by atoms with Crippen molar-refractivity contribution in [2.24, 2.45) is 13.0 Å². The molecule has 0 fully saturated rings. The van der Waals surface area contributed by atoms with E-state index < -0.39 is 17.9 Å². The van der Waals surface area contributed by atoms with Gasteiger partial charge in [0, 0.05) is 18.0 Å². The largest absolute Gasteiger partial charge is 0.464 e. The summed E-state index contributed by atoms with van der Waals surface area (Å²) in [5, 5.41) is 3.48. The standard InChI is InChI=1S/C21H28N2O4/c1-6-13(3)12-16(21(26)27-7-2)22-19(24)18-14(4)20(25)23(5)17-11-9-8-10-15(17)18/h8-11,13,16H,6-7,12H2,1-5H3,(H,22,24). The zero-order valence-corrected chi connectivity index (χ0v) is 16.7. The van der Waals surface area contributed by atoms with Gasteiger partial charge in [-0.05, 0) is 32.3 Å². The number of nitrogens with zero attached hydrogens (tertiary/aromatic N) is 1. The summed E-state index contributed by atoms with van der Waals surface area (Å²) < 4.78 is 6.66. The number of carbonyl (C=O) groups excluding carboxylic acids is 2. The van der Waals surface area contributed by atoms with Crippen LogP contribution in [-0.4, -0.2) is 29.1 Å². The van der Waals surface area contributed by atoms with Gasteiger partial charge in [0.25, 0.3) is 11.5 Å². The highest BCUT2D eigenvalue weighted by Gasteiger charge is 2.26. The summed E-state index contributed by atoms with van der Waals surface area (Å²) in [4.78, 5) is 37.9. The number of benzene rings is 1. The summed E-state index contributed by atoms with van der Waals surface area (Å²) in [5.74, 6) is -0.624. The summed E-state index contributed by atoms with van der Waals surface area (Å²) in [6.07, 6.45) is 1.38. The molecule has 2 aromatic rings. The molecule has 1 heterocycles. The Hall–Kier alpha value is -2.63. The summed E-state index contributed by atoms with van der Waals surface area (Å²) in [7, 11) is 1.68. The molecule has 1 amide bonds. The number of pyridine rings is 1. The van der Waals surface area contributed by atoms with Gasteiger partial charge in [0.2, 0.25) is 0 Å². The summed E-state index contributed by atoms with van der Waals surface area (Å²) in [6.45, 7) is 7.68. The lowest BCUT2D eigenvalue weighted by Gasteiger charge is -2.21. The van der Waals surface area contributed by atoms with Crippen LogP contribution in [0.3, 0.4) is 0 Å². The van der Waals surface area contributed by atoms with Crippen LogP contribution in [0.4, 0.5) is 0 Å². The average molecular weight is 372 g/mol. The number of carbonyl (C=O) groups is 2. The molecule has 2 unspecified atom stereocenters. The Bertz CT molecular complexity index is 901. The van der Waals surface area contributed by atoms with Gasteiger partial charge in [-0.1, -0.05) is 38.5 Å². The van der Waals surface area contributed by atoms with Crippen molar-refractivity contribution in [3.05, 3.63) is 45.7 Å². The van der Waals surface area contributed by atoms with Crippen LogP contribution in [0.2, 0.25) is 0 Å². The zero-order valence-electron chi connectivity index (χ0n) is 16.7. The Labute approximate surface area is 159 Å². The SMILES string of the molecule is CCOC(=O)C(CC(C)CC)NC(=O)c1c(C)c(=O)n(C)c2ccccc12. The van der Waals surface area contributed by atoms with Crippen molar-refractivity contribution < 1.29 is 14.3 Å². The molecule has 2 atom stereocenters. The summed E-state index contributed by atoms with van der Waals surface area (Å²) >= 11 is 0. The fraction of sp³-hybridized carbons (Fsp3) is 0.476. The van der Waals surface area contributed by atoms with Gasteiger partial charge >= 0.3 is 5.97 Å². The van der Waals surface area contributed by atoms with E-state index in [9.17, 15) is 14.4 Å². The Morgan fingerprint density at radius 3 is 2.52 bits per heavy atom. The van der Waals surface area contributed by atoms with Crippen molar-refractivity contribution in [1.29, 1.82) is 0 Å². The van der Waals surface area contributed by atoms with E-state index in [1.165, 1.54) is 4.57 Å². The molecule has 0 aliphatic rings. The van der Waals surface area contributed by atoms with E-state index in [1.54, 1.807) is 27.0 Å². The molecule has 27 heavy (non-hydrogen) atoms. The summed E-state index contributed by atoms with van der Waals surface area (Å²) in [6, 6.07) is 6.52. The van der Waals surface area contributed by atoms with Gasteiger partial charge in [-0.3, -0.25) is 9.59 Å². The highest BCUT2D eigenvalue weighted by Crippen LogP contribution is 2.20. The molecule has 6 nitrogen and oxygen atoms in total. The second kappa shape index (κ2) is 8.84. The molecule has 0 aliphatic carbocycles. The molecular weight excluding hydrogens is 344 g/mol. The second-order valence-electron chi connectivity index (χ2n) is 6.91. The molecule has 0 bridgehead atoms. The lowest BCUT2D eigenvalue weighted by atomic mass is 9.98. The third-order valence-corrected chi connectivity index (χ3v) is 4.97. The topological polar surface area (TPSA) is 77.4 Å². The number of fused-ring (bicyclic) bond motifs is 1. The quantitative estimate of drug-likeness (QED) is 0.758. The van der Waals surface area contributed by atoms with Gasteiger partial charge in [-0.2, -0.15) is 0 Å². The molecule has 0 spiro atoms. The van der Waals surface area contributed by atoms with E-state index in [4.69, 9.17) is 4.74 Å². The van der Waals surface area contributed by atoms with Crippen molar-refractivity contribution in [2.75, 3.05) is 6.61 Å². The van der Waals surface area contributed by atoms with Crippen LogP contribution in [0, 0.1) is 12.8 Å². The number of hydrogen-bond acceptors (Lipinski definition) is 4. The van der Waals surface area contributed by atoms with Crippen LogP contribution in [-0.2, 0) is 16.6 Å². The minimum atomic E-state index is -0.741. The highest BCUT2D eigenvalue weighted by molar-refractivity contribution is 6.08. The monoisotopic (exact) mass is 372 g/mol. The normalized spacial score (nSPS) is 13.2. The number of nitrogens with one attached hydrogen (secondary N) is 1. The van der Waals surface area contributed by atoms with Gasteiger partial charge in [-0.25, -0.2) is 4.79 Å². The number of esters is 1. The minimum Gasteiger partial charge on any atom is -0.464 e. The van der Waals surface area contributed by atoms with Crippen LogP contribution in [0.25, 0.3) is 10.9 Å². The molecule has 1 N–H and O–H groups in total. The van der Waals surface area contributed by atoms with Gasteiger partial charge in [0.15, 0.2) is 0 Å². The highest BCUT2D eigenvalue weighted by atomic mass is 16.5. The third-order valence-electron chi connectivity index (χ3n) is 4.97. The molecule has 0 saturated heterocycles. The first-order chi connectivity index (χ1) is 12.8. The lowest BCUT2D eigenvalue weighted by molar-refractivity contribution is -0.145. The zero-order chi connectivity index (χ0) is 20.1. The molecule has 1 aromatic carbocycles. The van der Waals surface area contributed by atoms with Crippen molar-refractivity contribution in [3.8, 4) is 0 Å². The Kier molecular flexibility index (Phi) is 6.77. The van der Waals surface area contributed by atoms with Gasteiger partial charge in [0.1, 0.15) is 6.04 Å². The van der Waals surface area contributed by atoms with Crippen molar-refractivity contribution in [3.63, 3.8) is 0 Å². The first-order valence-corrected chi connectivity index (χ1v) is 9.37. The van der Waals surface area contributed by atoms with Gasteiger partial charge in [-0.15, -0.1) is 0 Å². The summed E-state index contributed by atoms with van der Waals surface area (Å²) in [5.41, 5.74) is 1.12. The Balaban J connectivity index is 2.46. The number of aryl methyl sites for hydroxylation is 1. The second-order valence-corrected chi connectivity index (χ2v) is 6.91. The maximum Gasteiger partial charge on any atom is 0.328 e. The fourth-order valence-corrected chi connectivity index (χ4v) is 3.20. The number of hydrogen-bond donors (Lipinski definition) is 1. The maximum atomic E-state index is 13.1. The predicted molar refractivity (Wildman–Crippen MR) is 106 cm³/mol. The Morgan fingerprint density at radius 2 is 1.89 bits per heavy atom. The molecule has 0 aliphatic heterocycles. The number of amides is 1. The predicted octanol–water partition coefficient (Wildman–Crippen LogP) is 2.94. The first-order valence-electron chi connectivity index (χ1n) is 9.37.